The average molecular weight is 477 g/mol. The molecular formula is C27H28N2O6. The van der Waals surface area contributed by atoms with Crippen LogP contribution in [0.15, 0.2) is 42.5 Å². The number of anilines is 1. The molecule has 35 heavy (non-hydrogen) atoms. The summed E-state index contributed by atoms with van der Waals surface area (Å²) in [7, 11) is 0. The number of aryl methyl sites for hydroxylation is 1. The lowest BCUT2D eigenvalue weighted by Gasteiger charge is -2.38. The quantitative estimate of drug-likeness (QED) is 0.474. The average Bonchev–Trinajstić information content (AvgIpc) is 3.20. The molecule has 0 bridgehead atoms. The number of aromatic nitrogens is 1. The van der Waals surface area contributed by atoms with Crippen LogP contribution in [-0.4, -0.2) is 48.2 Å². The Morgan fingerprint density at radius 1 is 1.09 bits per heavy atom. The highest BCUT2D eigenvalue weighted by Gasteiger charge is 2.36. The number of carbonyl (C=O) groups excluding carboxylic acids is 3. The zero-order valence-electron chi connectivity index (χ0n) is 19.9. The van der Waals surface area contributed by atoms with Crippen LogP contribution in [0.25, 0.3) is 10.9 Å². The van der Waals surface area contributed by atoms with Crippen molar-refractivity contribution in [3.8, 4) is 5.75 Å². The summed E-state index contributed by atoms with van der Waals surface area (Å²) in [6.45, 7) is 5.52. The molecule has 8 heteroatoms. The first kappa shape index (κ1) is 23.0. The Balaban J connectivity index is 1.65. The lowest BCUT2D eigenvalue weighted by Crippen LogP contribution is -2.42. The van der Waals surface area contributed by atoms with E-state index in [0.29, 0.717) is 48.9 Å². The van der Waals surface area contributed by atoms with Crippen molar-refractivity contribution in [2.45, 2.75) is 45.9 Å². The van der Waals surface area contributed by atoms with E-state index in [1.54, 1.807) is 19.9 Å². The van der Waals surface area contributed by atoms with E-state index < -0.39 is 12.1 Å². The van der Waals surface area contributed by atoms with Crippen LogP contribution < -0.4 is 9.64 Å². The highest BCUT2D eigenvalue weighted by molar-refractivity contribution is 6.16. The largest absolute Gasteiger partial charge is 0.486 e. The molecule has 1 unspecified atom stereocenters. The lowest BCUT2D eigenvalue weighted by atomic mass is 9.96. The molecule has 0 fully saturated rings. The van der Waals surface area contributed by atoms with Gasteiger partial charge in [-0.2, -0.15) is 0 Å². The predicted octanol–water partition coefficient (Wildman–Crippen LogP) is 4.13. The molecule has 1 atom stereocenters. The summed E-state index contributed by atoms with van der Waals surface area (Å²) in [5.41, 5.74) is 3.50. The van der Waals surface area contributed by atoms with E-state index in [2.05, 4.69) is 4.90 Å². The summed E-state index contributed by atoms with van der Waals surface area (Å²) in [6.07, 6.45) is -0.0414. The number of benzene rings is 2. The highest BCUT2D eigenvalue weighted by Crippen LogP contribution is 2.45. The second kappa shape index (κ2) is 9.44. The van der Waals surface area contributed by atoms with Gasteiger partial charge in [0.1, 0.15) is 17.5 Å². The minimum Gasteiger partial charge on any atom is -0.486 e. The van der Waals surface area contributed by atoms with Crippen LogP contribution in [0.4, 0.5) is 5.69 Å². The minimum absolute atomic E-state index is 0.0124. The van der Waals surface area contributed by atoms with Crippen LogP contribution in [0.1, 0.15) is 53.1 Å². The number of ether oxygens (including phenoxy) is 3. The van der Waals surface area contributed by atoms with Gasteiger partial charge in [0, 0.05) is 24.9 Å². The standard InChI is InChI=1S/C27H28N2O6/c1-3-33-23(31)14-19-16-28(15-17-8-6-5-7-9-17)26-22(35-19)13-18-12-20(27(32)34-4-2)29-11-10-21(30)24(26)25(18)29/h5-9,12-13,19H,3-4,10-11,14-16H2,1-2H3. The first-order valence-corrected chi connectivity index (χ1v) is 12.0. The normalized spacial score (nSPS) is 16.6. The molecule has 0 saturated carbocycles. The van der Waals surface area contributed by atoms with Crippen molar-refractivity contribution in [2.24, 2.45) is 0 Å². The first-order chi connectivity index (χ1) is 17.0. The van der Waals surface area contributed by atoms with E-state index >= 15 is 0 Å². The van der Waals surface area contributed by atoms with Crippen LogP contribution in [-0.2, 0) is 27.4 Å². The fraction of sp³-hybridized carbons (Fsp3) is 0.370. The molecule has 0 saturated heterocycles. The molecule has 182 valence electrons. The summed E-state index contributed by atoms with van der Waals surface area (Å²) in [5, 5.41) is 0.742. The summed E-state index contributed by atoms with van der Waals surface area (Å²) >= 11 is 0. The number of esters is 2. The van der Waals surface area contributed by atoms with Crippen molar-refractivity contribution >= 4 is 34.3 Å². The molecule has 2 aliphatic heterocycles. The van der Waals surface area contributed by atoms with Gasteiger partial charge in [0.2, 0.25) is 0 Å². The molecular weight excluding hydrogens is 448 g/mol. The second-order valence-corrected chi connectivity index (χ2v) is 8.73. The number of nitrogens with zero attached hydrogens (tertiary/aromatic N) is 2. The third kappa shape index (κ3) is 4.24. The summed E-state index contributed by atoms with van der Waals surface area (Å²) in [5.74, 6) is -0.191. The van der Waals surface area contributed by atoms with Gasteiger partial charge in [0.05, 0.1) is 42.9 Å². The van der Waals surface area contributed by atoms with Gasteiger partial charge in [-0.05, 0) is 31.5 Å². The maximum Gasteiger partial charge on any atom is 0.354 e. The van der Waals surface area contributed by atoms with Gasteiger partial charge >= 0.3 is 11.9 Å². The molecule has 0 spiro atoms. The number of carbonyl (C=O) groups is 3. The third-order valence-corrected chi connectivity index (χ3v) is 6.40. The van der Waals surface area contributed by atoms with Crippen molar-refractivity contribution in [1.29, 1.82) is 0 Å². The van der Waals surface area contributed by atoms with E-state index in [0.717, 1.165) is 16.5 Å². The molecule has 3 aromatic rings. The Labute approximate surface area is 203 Å². The first-order valence-electron chi connectivity index (χ1n) is 12.0. The maximum atomic E-state index is 13.3. The van der Waals surface area contributed by atoms with Gasteiger partial charge in [-0.15, -0.1) is 0 Å². The van der Waals surface area contributed by atoms with Crippen molar-refractivity contribution in [3.63, 3.8) is 0 Å². The molecule has 1 aromatic heterocycles. The van der Waals surface area contributed by atoms with E-state index in [4.69, 9.17) is 14.2 Å². The molecule has 8 nitrogen and oxygen atoms in total. The third-order valence-electron chi connectivity index (χ3n) is 6.40. The zero-order valence-corrected chi connectivity index (χ0v) is 19.9. The number of hydrogen-bond donors (Lipinski definition) is 0. The van der Waals surface area contributed by atoms with Gasteiger partial charge in [-0.25, -0.2) is 4.79 Å². The van der Waals surface area contributed by atoms with Gasteiger partial charge in [0.25, 0.3) is 0 Å². The molecule has 0 aliphatic carbocycles. The topological polar surface area (TPSA) is 87.1 Å². The number of ketones is 1. The predicted molar refractivity (Wildman–Crippen MR) is 130 cm³/mol. The second-order valence-electron chi connectivity index (χ2n) is 8.73. The highest BCUT2D eigenvalue weighted by atomic mass is 16.5. The Morgan fingerprint density at radius 2 is 1.86 bits per heavy atom. The van der Waals surface area contributed by atoms with Crippen LogP contribution in [0.5, 0.6) is 5.75 Å². The monoisotopic (exact) mass is 476 g/mol. The number of hydrogen-bond acceptors (Lipinski definition) is 7. The fourth-order valence-electron chi connectivity index (χ4n) is 5.03. The number of Topliss-reactive ketones (excluding diaryl/α,β-unsaturated/α-hetero) is 1. The molecule has 0 amide bonds. The Morgan fingerprint density at radius 3 is 2.60 bits per heavy atom. The van der Waals surface area contributed by atoms with E-state index in [9.17, 15) is 14.4 Å². The minimum atomic E-state index is -0.430. The Bertz CT molecular complexity index is 1300. The zero-order chi connectivity index (χ0) is 24.5. The molecule has 2 aliphatic rings. The van der Waals surface area contributed by atoms with Crippen LogP contribution >= 0.6 is 0 Å². The molecule has 3 heterocycles. The van der Waals surface area contributed by atoms with Crippen LogP contribution in [0.2, 0.25) is 0 Å². The summed E-state index contributed by atoms with van der Waals surface area (Å²) in [4.78, 5) is 40.3. The van der Waals surface area contributed by atoms with E-state index in [1.165, 1.54) is 0 Å². The van der Waals surface area contributed by atoms with Crippen molar-refractivity contribution in [2.75, 3.05) is 24.7 Å². The van der Waals surface area contributed by atoms with E-state index in [1.807, 2.05) is 41.0 Å². The van der Waals surface area contributed by atoms with Gasteiger partial charge < -0.3 is 23.7 Å². The van der Waals surface area contributed by atoms with Crippen LogP contribution in [0.3, 0.4) is 0 Å². The summed E-state index contributed by atoms with van der Waals surface area (Å²) < 4.78 is 18.6. The molecule has 5 rings (SSSR count). The Kier molecular flexibility index (Phi) is 6.19. The van der Waals surface area contributed by atoms with Crippen molar-refractivity contribution in [1.82, 2.24) is 4.57 Å². The fourth-order valence-corrected chi connectivity index (χ4v) is 5.03. The van der Waals surface area contributed by atoms with Crippen molar-refractivity contribution < 1.29 is 28.6 Å². The maximum absolute atomic E-state index is 13.3. The number of fused-ring (bicyclic) bond motifs is 2. The molecule has 0 radical (unpaired) electrons. The van der Waals surface area contributed by atoms with Crippen LogP contribution in [0, 0.1) is 0 Å². The van der Waals surface area contributed by atoms with Gasteiger partial charge in [-0.1, -0.05) is 30.3 Å². The Hall–Kier alpha value is -3.81. The number of rotatable bonds is 7. The van der Waals surface area contributed by atoms with E-state index in [-0.39, 0.29) is 31.2 Å². The lowest BCUT2D eigenvalue weighted by molar-refractivity contribution is -0.144. The summed E-state index contributed by atoms with van der Waals surface area (Å²) in [6, 6.07) is 13.6. The van der Waals surface area contributed by atoms with Gasteiger partial charge in [-0.3, -0.25) is 9.59 Å². The molecule has 0 N–H and O–H groups in total. The van der Waals surface area contributed by atoms with Gasteiger partial charge in [0.15, 0.2) is 5.78 Å². The molecule has 2 aromatic carbocycles. The van der Waals surface area contributed by atoms with Crippen molar-refractivity contribution in [3.05, 3.63) is 59.3 Å². The SMILES string of the molecule is CCOC(=O)CC1CN(Cc2ccccc2)c2c(cc3cc(C(=O)OCC)n4c3c2C(=O)CC4)O1. The smallest absolute Gasteiger partial charge is 0.354 e.